The minimum absolute atomic E-state index is 0. The number of hydrogen-bond acceptors (Lipinski definition) is 3. The van der Waals surface area contributed by atoms with Gasteiger partial charge in [0.05, 0.1) is 5.39 Å². The Morgan fingerprint density at radius 1 is 0.964 bits per heavy atom. The Bertz CT molecular complexity index is 1000. The highest BCUT2D eigenvalue weighted by Crippen LogP contribution is 2.28. The molecule has 3 aromatic rings. The zero-order chi connectivity index (χ0) is 19.6. The van der Waals surface area contributed by atoms with Crippen LogP contribution in [0.15, 0.2) is 39.5 Å². The monoisotopic (exact) mass is 380 g/mol. The highest BCUT2D eigenvalue weighted by molar-refractivity contribution is 5.84. The van der Waals surface area contributed by atoms with Gasteiger partial charge in [-0.25, -0.2) is 4.79 Å². The molecule has 1 heterocycles. The normalized spacial score (nSPS) is 10.9. The van der Waals surface area contributed by atoms with Crippen LogP contribution in [-0.2, 0) is 12.8 Å². The van der Waals surface area contributed by atoms with Crippen LogP contribution in [0.25, 0.3) is 11.0 Å². The summed E-state index contributed by atoms with van der Waals surface area (Å²) in [7, 11) is 0. The number of unbranched alkanes of at least 4 members (excludes halogenated alkanes) is 2. The molecule has 0 aliphatic carbocycles. The highest BCUT2D eigenvalue weighted by Gasteiger charge is 2.13. The summed E-state index contributed by atoms with van der Waals surface area (Å²) in [5, 5.41) is 11.1. The Morgan fingerprint density at radius 3 is 2.29 bits per heavy atom. The van der Waals surface area contributed by atoms with Crippen molar-refractivity contribution in [2.45, 2.75) is 67.2 Å². The largest absolute Gasteiger partial charge is 0.507 e. The molecule has 28 heavy (non-hydrogen) atoms. The maximum absolute atomic E-state index is 12.6. The molecule has 2 aromatic carbocycles. The summed E-state index contributed by atoms with van der Waals surface area (Å²) in [4.78, 5) is 12.6. The fourth-order valence-corrected chi connectivity index (χ4v) is 3.82. The molecular weight excluding hydrogens is 348 g/mol. The fraction of sp³-hybridized carbons (Fsp3) is 0.400. The van der Waals surface area contributed by atoms with E-state index in [4.69, 9.17) is 4.42 Å². The summed E-state index contributed by atoms with van der Waals surface area (Å²) < 4.78 is 5.58. The van der Waals surface area contributed by atoms with Crippen LogP contribution >= 0.6 is 0 Å². The molecule has 0 atom stereocenters. The predicted octanol–water partition coefficient (Wildman–Crippen LogP) is 6.38. The van der Waals surface area contributed by atoms with Crippen LogP contribution in [0.4, 0.5) is 0 Å². The molecule has 0 fully saturated rings. The minimum Gasteiger partial charge on any atom is -0.507 e. The summed E-state index contributed by atoms with van der Waals surface area (Å²) in [6, 6.07) is 9.73. The number of aromatic hydroxyl groups is 1. The second-order valence-corrected chi connectivity index (χ2v) is 7.60. The summed E-state index contributed by atoms with van der Waals surface area (Å²) >= 11 is 0. The van der Waals surface area contributed by atoms with Crippen LogP contribution < -0.4 is 5.63 Å². The summed E-state index contributed by atoms with van der Waals surface area (Å²) in [6.45, 7) is 8.37. The number of phenols is 1. The van der Waals surface area contributed by atoms with Crippen molar-refractivity contribution in [2.24, 2.45) is 0 Å². The molecule has 3 heteroatoms. The van der Waals surface area contributed by atoms with E-state index in [2.05, 4.69) is 39.8 Å². The predicted molar refractivity (Wildman–Crippen MR) is 118 cm³/mol. The van der Waals surface area contributed by atoms with Crippen molar-refractivity contribution in [3.05, 3.63) is 74.1 Å². The Kier molecular flexibility index (Phi) is 7.06. The lowest BCUT2D eigenvalue weighted by Gasteiger charge is -2.12. The Balaban J connectivity index is 0.00000280. The van der Waals surface area contributed by atoms with Gasteiger partial charge in [-0.3, -0.25) is 0 Å². The van der Waals surface area contributed by atoms with Crippen molar-refractivity contribution in [1.29, 1.82) is 0 Å². The van der Waals surface area contributed by atoms with Crippen molar-refractivity contribution in [2.75, 3.05) is 0 Å². The molecule has 0 bridgehead atoms. The standard InChI is InChI=1S/C24H28O3.CH4/c1-5-6-7-8-18-11-22(25)21-14-19(24(26)27-23(21)12-18)13-20-16(3)9-15(2)10-17(20)4;/h9-12,14,25H,5-8,13H2,1-4H3;1H4. The lowest BCUT2D eigenvalue weighted by atomic mass is 9.94. The first-order valence-corrected chi connectivity index (χ1v) is 9.74. The molecular formula is C25H32O3. The molecule has 0 saturated carbocycles. The number of fused-ring (bicyclic) bond motifs is 1. The van der Waals surface area contributed by atoms with Crippen LogP contribution in [0.1, 0.15) is 67.0 Å². The van der Waals surface area contributed by atoms with E-state index < -0.39 is 0 Å². The number of benzene rings is 2. The van der Waals surface area contributed by atoms with Gasteiger partial charge >= 0.3 is 5.63 Å². The second-order valence-electron chi connectivity index (χ2n) is 7.60. The molecule has 0 spiro atoms. The second kappa shape index (κ2) is 9.09. The smallest absolute Gasteiger partial charge is 0.339 e. The number of phenolic OH excluding ortho intramolecular Hbond substituents is 1. The zero-order valence-corrected chi connectivity index (χ0v) is 16.7. The SMILES string of the molecule is C.CCCCCc1cc(O)c2cc(Cc3c(C)cc(C)cc3C)c(=O)oc2c1. The molecule has 0 amide bonds. The lowest BCUT2D eigenvalue weighted by molar-refractivity contribution is 0.477. The molecule has 0 aliphatic heterocycles. The van der Waals surface area contributed by atoms with Gasteiger partial charge in [0.25, 0.3) is 0 Å². The van der Waals surface area contributed by atoms with Crippen molar-refractivity contribution in [3.8, 4) is 5.75 Å². The van der Waals surface area contributed by atoms with Crippen molar-refractivity contribution >= 4 is 11.0 Å². The summed E-state index contributed by atoms with van der Waals surface area (Å²) in [5.41, 5.74) is 6.42. The first-order chi connectivity index (χ1) is 12.9. The molecule has 3 nitrogen and oxygen atoms in total. The van der Waals surface area contributed by atoms with Gasteiger partial charge in [-0.05, 0) is 74.1 Å². The van der Waals surface area contributed by atoms with Gasteiger partial charge in [0.15, 0.2) is 0 Å². The van der Waals surface area contributed by atoms with Gasteiger partial charge in [0.2, 0.25) is 0 Å². The van der Waals surface area contributed by atoms with E-state index >= 15 is 0 Å². The van der Waals surface area contributed by atoms with E-state index in [1.165, 1.54) is 16.7 Å². The minimum atomic E-state index is -0.327. The first kappa shape index (κ1) is 21.7. The van der Waals surface area contributed by atoms with E-state index in [0.29, 0.717) is 23.0 Å². The van der Waals surface area contributed by atoms with E-state index in [0.717, 1.165) is 36.8 Å². The Hall–Kier alpha value is -2.55. The lowest BCUT2D eigenvalue weighted by Crippen LogP contribution is -2.09. The third-order valence-electron chi connectivity index (χ3n) is 5.24. The summed E-state index contributed by atoms with van der Waals surface area (Å²) in [5.74, 6) is 0.182. The van der Waals surface area contributed by atoms with Gasteiger partial charge in [-0.15, -0.1) is 0 Å². The molecule has 3 rings (SSSR count). The fourth-order valence-electron chi connectivity index (χ4n) is 3.82. The number of hydrogen-bond donors (Lipinski definition) is 1. The maximum Gasteiger partial charge on any atom is 0.339 e. The molecule has 150 valence electrons. The molecule has 0 radical (unpaired) electrons. The average Bonchev–Trinajstić information content (AvgIpc) is 2.59. The Morgan fingerprint density at radius 2 is 1.64 bits per heavy atom. The molecule has 0 saturated heterocycles. The van der Waals surface area contributed by atoms with Gasteiger partial charge in [-0.1, -0.05) is 44.9 Å². The van der Waals surface area contributed by atoms with Gasteiger partial charge in [0, 0.05) is 12.0 Å². The van der Waals surface area contributed by atoms with Crippen LogP contribution in [0.5, 0.6) is 5.75 Å². The van der Waals surface area contributed by atoms with E-state index in [1.807, 2.05) is 6.07 Å². The maximum atomic E-state index is 12.6. The first-order valence-electron chi connectivity index (χ1n) is 9.74. The van der Waals surface area contributed by atoms with Gasteiger partial charge in [0.1, 0.15) is 11.3 Å². The number of rotatable bonds is 6. The van der Waals surface area contributed by atoms with Crippen molar-refractivity contribution in [1.82, 2.24) is 0 Å². The van der Waals surface area contributed by atoms with Crippen LogP contribution in [0, 0.1) is 20.8 Å². The van der Waals surface area contributed by atoms with E-state index in [9.17, 15) is 9.90 Å². The molecule has 1 N–H and O–H groups in total. The van der Waals surface area contributed by atoms with Crippen molar-refractivity contribution in [3.63, 3.8) is 0 Å². The van der Waals surface area contributed by atoms with Crippen LogP contribution in [-0.4, -0.2) is 5.11 Å². The quantitative estimate of drug-likeness (QED) is 0.398. The topological polar surface area (TPSA) is 50.4 Å². The van der Waals surface area contributed by atoms with E-state index in [-0.39, 0.29) is 18.8 Å². The van der Waals surface area contributed by atoms with Gasteiger partial charge in [-0.2, -0.15) is 0 Å². The van der Waals surface area contributed by atoms with Crippen LogP contribution in [0.2, 0.25) is 0 Å². The molecule has 1 aromatic heterocycles. The summed E-state index contributed by atoms with van der Waals surface area (Å²) in [6.07, 6.45) is 4.75. The van der Waals surface area contributed by atoms with Gasteiger partial charge < -0.3 is 9.52 Å². The Labute approximate surface area is 168 Å². The third kappa shape index (κ3) is 4.64. The number of aryl methyl sites for hydroxylation is 4. The molecule has 0 aliphatic rings. The average molecular weight is 381 g/mol. The third-order valence-corrected chi connectivity index (χ3v) is 5.24. The zero-order valence-electron chi connectivity index (χ0n) is 16.7. The highest BCUT2D eigenvalue weighted by atomic mass is 16.4. The van der Waals surface area contributed by atoms with Crippen LogP contribution in [0.3, 0.4) is 0 Å². The van der Waals surface area contributed by atoms with Crippen molar-refractivity contribution < 1.29 is 9.52 Å². The molecule has 0 unspecified atom stereocenters. The van der Waals surface area contributed by atoms with E-state index in [1.54, 1.807) is 12.1 Å².